The van der Waals surface area contributed by atoms with Gasteiger partial charge in [0.2, 0.25) is 5.76 Å². The van der Waals surface area contributed by atoms with Crippen LogP contribution in [0.5, 0.6) is 0 Å². The Morgan fingerprint density at radius 2 is 2.19 bits per heavy atom. The number of pyridine rings is 1. The van der Waals surface area contributed by atoms with Gasteiger partial charge in [0.1, 0.15) is 5.60 Å². The lowest BCUT2D eigenvalue weighted by Crippen LogP contribution is -2.67. The van der Waals surface area contributed by atoms with Gasteiger partial charge in [0.25, 0.3) is 5.91 Å². The molecule has 4 rings (SSSR count). The Hall–Kier alpha value is -2.25. The predicted molar refractivity (Wildman–Crippen MR) is 92.6 cm³/mol. The summed E-state index contributed by atoms with van der Waals surface area (Å²) in [7, 11) is 0. The van der Waals surface area contributed by atoms with E-state index in [2.05, 4.69) is 10.1 Å². The number of aryl methyl sites for hydroxylation is 2. The highest BCUT2D eigenvalue weighted by Gasteiger charge is 2.50. The molecule has 2 aliphatic rings. The predicted octanol–water partition coefficient (Wildman–Crippen LogP) is 2.28. The molecule has 1 atom stereocenters. The minimum absolute atomic E-state index is 0.121. The third kappa shape index (κ3) is 3.50. The van der Waals surface area contributed by atoms with Gasteiger partial charge in [-0.15, -0.1) is 0 Å². The zero-order chi connectivity index (χ0) is 18.1. The Kier molecular flexibility index (Phi) is 4.50. The van der Waals surface area contributed by atoms with Crippen molar-refractivity contribution in [3.8, 4) is 0 Å². The van der Waals surface area contributed by atoms with Crippen LogP contribution in [0.2, 0.25) is 0 Å². The minimum atomic E-state index is -0.298. The molecule has 0 N–H and O–H groups in total. The molecule has 2 aromatic rings. The number of likely N-dealkylation sites (tertiary alicyclic amines) is 1. The fourth-order valence-electron chi connectivity index (χ4n) is 3.64. The SMILES string of the molecule is Cc1cc(C(=O)N2CC3(C[C@@H](OCc4cccc(C)n4)CCO3)C2)on1. The Balaban J connectivity index is 1.31. The van der Waals surface area contributed by atoms with Crippen molar-refractivity contribution in [3.63, 3.8) is 0 Å². The lowest BCUT2D eigenvalue weighted by molar-refractivity contribution is -0.188. The van der Waals surface area contributed by atoms with Crippen LogP contribution < -0.4 is 0 Å². The van der Waals surface area contributed by atoms with Gasteiger partial charge in [-0.1, -0.05) is 11.2 Å². The fraction of sp³-hybridized carbons (Fsp3) is 0.526. The molecule has 7 nitrogen and oxygen atoms in total. The number of carbonyl (C=O) groups excluding carboxylic acids is 1. The highest BCUT2D eigenvalue weighted by Crippen LogP contribution is 2.36. The van der Waals surface area contributed by atoms with E-state index in [1.54, 1.807) is 17.9 Å². The standard InChI is InChI=1S/C19H23N3O4/c1-13-4-3-5-15(20-13)10-24-16-6-7-25-19(9-16)11-22(12-19)18(23)17-8-14(2)21-26-17/h3-5,8,16H,6-7,9-12H2,1-2H3/t16-/m0/s1. The minimum Gasteiger partial charge on any atom is -0.372 e. The first-order valence-corrected chi connectivity index (χ1v) is 8.94. The molecule has 0 unspecified atom stereocenters. The molecular formula is C19H23N3O4. The van der Waals surface area contributed by atoms with Gasteiger partial charge in [-0.3, -0.25) is 9.78 Å². The van der Waals surface area contributed by atoms with Crippen molar-refractivity contribution < 1.29 is 18.8 Å². The van der Waals surface area contributed by atoms with Crippen LogP contribution in [0.4, 0.5) is 0 Å². The molecule has 1 amide bonds. The molecule has 2 aromatic heterocycles. The summed E-state index contributed by atoms with van der Waals surface area (Å²) in [6.45, 7) is 6.05. The first-order chi connectivity index (χ1) is 12.5. The number of ether oxygens (including phenoxy) is 2. The van der Waals surface area contributed by atoms with Gasteiger partial charge in [-0.05, 0) is 32.4 Å². The van der Waals surface area contributed by atoms with Crippen LogP contribution >= 0.6 is 0 Å². The zero-order valence-corrected chi connectivity index (χ0v) is 15.1. The largest absolute Gasteiger partial charge is 0.372 e. The zero-order valence-electron chi connectivity index (χ0n) is 15.1. The number of nitrogens with zero attached hydrogens (tertiary/aromatic N) is 3. The Morgan fingerprint density at radius 1 is 1.35 bits per heavy atom. The van der Waals surface area contributed by atoms with Crippen LogP contribution in [0.1, 0.15) is 40.5 Å². The van der Waals surface area contributed by atoms with Crippen molar-refractivity contribution in [3.05, 3.63) is 47.1 Å². The summed E-state index contributed by atoms with van der Waals surface area (Å²) in [4.78, 5) is 18.6. The average molecular weight is 357 g/mol. The Labute approximate surface area is 152 Å². The highest BCUT2D eigenvalue weighted by atomic mass is 16.5. The maximum Gasteiger partial charge on any atom is 0.292 e. The molecule has 2 fully saturated rings. The molecule has 138 valence electrons. The molecule has 4 heterocycles. The third-order valence-corrected chi connectivity index (χ3v) is 4.94. The first kappa shape index (κ1) is 17.2. The molecule has 2 saturated heterocycles. The van der Waals surface area contributed by atoms with Crippen molar-refractivity contribution in [2.24, 2.45) is 0 Å². The fourth-order valence-corrected chi connectivity index (χ4v) is 3.64. The summed E-state index contributed by atoms with van der Waals surface area (Å²) < 4.78 is 17.1. The summed E-state index contributed by atoms with van der Waals surface area (Å²) in [5.41, 5.74) is 2.34. The maximum atomic E-state index is 12.4. The van der Waals surface area contributed by atoms with E-state index in [1.807, 2.05) is 25.1 Å². The van der Waals surface area contributed by atoms with E-state index in [4.69, 9.17) is 14.0 Å². The second kappa shape index (κ2) is 6.81. The maximum absolute atomic E-state index is 12.4. The number of carbonyl (C=O) groups is 1. The summed E-state index contributed by atoms with van der Waals surface area (Å²) in [5, 5.41) is 3.77. The third-order valence-electron chi connectivity index (χ3n) is 4.94. The van der Waals surface area contributed by atoms with E-state index in [0.29, 0.717) is 32.0 Å². The van der Waals surface area contributed by atoms with Crippen LogP contribution in [0.15, 0.2) is 28.8 Å². The summed E-state index contributed by atoms with van der Waals surface area (Å²) in [6.07, 6.45) is 1.77. The van der Waals surface area contributed by atoms with Gasteiger partial charge in [-0.2, -0.15) is 0 Å². The summed E-state index contributed by atoms with van der Waals surface area (Å²) >= 11 is 0. The van der Waals surface area contributed by atoms with Gasteiger partial charge >= 0.3 is 0 Å². The van der Waals surface area contributed by atoms with Crippen LogP contribution in [-0.4, -0.2) is 52.3 Å². The van der Waals surface area contributed by atoms with Gasteiger partial charge in [-0.25, -0.2) is 0 Å². The second-order valence-corrected chi connectivity index (χ2v) is 7.22. The number of rotatable bonds is 4. The molecule has 0 aliphatic carbocycles. The van der Waals surface area contributed by atoms with Crippen molar-refractivity contribution in [1.82, 2.24) is 15.0 Å². The van der Waals surface area contributed by atoms with Crippen LogP contribution in [0.25, 0.3) is 0 Å². The quantitative estimate of drug-likeness (QED) is 0.835. The number of aromatic nitrogens is 2. The van der Waals surface area contributed by atoms with Crippen molar-refractivity contribution in [2.75, 3.05) is 19.7 Å². The Morgan fingerprint density at radius 3 is 2.92 bits per heavy atom. The second-order valence-electron chi connectivity index (χ2n) is 7.22. The monoisotopic (exact) mass is 357 g/mol. The molecule has 2 aliphatic heterocycles. The molecule has 7 heteroatoms. The summed E-state index contributed by atoms with van der Waals surface area (Å²) in [5.74, 6) is 0.151. The van der Waals surface area contributed by atoms with E-state index < -0.39 is 0 Å². The topological polar surface area (TPSA) is 77.7 Å². The van der Waals surface area contributed by atoms with Crippen molar-refractivity contribution in [2.45, 2.75) is 45.0 Å². The molecular weight excluding hydrogens is 334 g/mol. The number of hydrogen-bond donors (Lipinski definition) is 0. The van der Waals surface area contributed by atoms with Crippen LogP contribution in [0.3, 0.4) is 0 Å². The van der Waals surface area contributed by atoms with Gasteiger partial charge < -0.3 is 18.9 Å². The van der Waals surface area contributed by atoms with Crippen LogP contribution in [-0.2, 0) is 16.1 Å². The van der Waals surface area contributed by atoms with E-state index in [0.717, 1.165) is 24.2 Å². The number of amides is 1. The molecule has 0 bridgehead atoms. The van der Waals surface area contributed by atoms with E-state index in [-0.39, 0.29) is 23.4 Å². The van der Waals surface area contributed by atoms with E-state index in [1.165, 1.54) is 0 Å². The lowest BCUT2D eigenvalue weighted by Gasteiger charge is -2.52. The van der Waals surface area contributed by atoms with Crippen molar-refractivity contribution in [1.29, 1.82) is 0 Å². The van der Waals surface area contributed by atoms with Gasteiger partial charge in [0, 0.05) is 24.8 Å². The Bertz CT molecular complexity index is 798. The highest BCUT2D eigenvalue weighted by molar-refractivity contribution is 5.92. The van der Waals surface area contributed by atoms with E-state index >= 15 is 0 Å². The van der Waals surface area contributed by atoms with E-state index in [9.17, 15) is 4.79 Å². The molecule has 0 aromatic carbocycles. The number of hydrogen-bond acceptors (Lipinski definition) is 6. The smallest absolute Gasteiger partial charge is 0.292 e. The van der Waals surface area contributed by atoms with Gasteiger partial charge in [0.05, 0.1) is 37.2 Å². The summed E-state index contributed by atoms with van der Waals surface area (Å²) in [6, 6.07) is 7.61. The molecule has 26 heavy (non-hydrogen) atoms. The van der Waals surface area contributed by atoms with Gasteiger partial charge in [0.15, 0.2) is 0 Å². The first-order valence-electron chi connectivity index (χ1n) is 8.94. The molecule has 0 saturated carbocycles. The van der Waals surface area contributed by atoms with Crippen LogP contribution in [0, 0.1) is 13.8 Å². The lowest BCUT2D eigenvalue weighted by atomic mass is 9.84. The average Bonchev–Trinajstić information content (AvgIpc) is 3.04. The normalized spacial score (nSPS) is 21.6. The molecule has 1 spiro atoms. The van der Waals surface area contributed by atoms with Crippen molar-refractivity contribution >= 4 is 5.91 Å². The molecule has 0 radical (unpaired) electrons.